The molecule has 1 heterocycles. The third-order valence-corrected chi connectivity index (χ3v) is 6.04. The minimum atomic E-state index is -0.848. The van der Waals surface area contributed by atoms with E-state index in [4.69, 9.17) is 4.74 Å². The average Bonchev–Trinajstić information content (AvgIpc) is 2.70. The van der Waals surface area contributed by atoms with Crippen molar-refractivity contribution in [2.24, 2.45) is 17.8 Å². The van der Waals surface area contributed by atoms with E-state index in [0.29, 0.717) is 18.4 Å². The van der Waals surface area contributed by atoms with Gasteiger partial charge in [0.1, 0.15) is 28.4 Å². The second kappa shape index (κ2) is 5.63. The maximum Gasteiger partial charge on any atom is 0.172 e. The summed E-state index contributed by atoms with van der Waals surface area (Å²) in [6, 6.07) is 1.22. The molecule has 1 aromatic rings. The number of aliphatic hydroxyl groups is 1. The molecule has 0 spiro atoms. The summed E-state index contributed by atoms with van der Waals surface area (Å²) in [5.74, 6) is -0.594. The second-order valence-electron chi connectivity index (χ2n) is 8.63. The molecule has 3 N–H and O–H groups in total. The van der Waals surface area contributed by atoms with Crippen LogP contribution in [0.2, 0.25) is 0 Å². The van der Waals surface area contributed by atoms with Crippen LogP contribution in [0.5, 0.6) is 17.2 Å². The van der Waals surface area contributed by atoms with Crippen LogP contribution in [0.4, 0.5) is 0 Å². The predicted molar refractivity (Wildman–Crippen MR) is 94.2 cm³/mol. The minimum Gasteiger partial charge on any atom is -0.507 e. The molecule has 1 fully saturated rings. The topological polar surface area (TPSA) is 87.0 Å². The Kier molecular flexibility index (Phi) is 4.06. The zero-order chi connectivity index (χ0) is 18.7. The molecule has 1 saturated carbocycles. The lowest BCUT2D eigenvalue weighted by molar-refractivity contribution is -0.0263. The van der Waals surface area contributed by atoms with Gasteiger partial charge in [-0.1, -0.05) is 13.8 Å². The van der Waals surface area contributed by atoms with Gasteiger partial charge in [0.15, 0.2) is 5.78 Å². The quantitative estimate of drug-likeness (QED) is 0.713. The molecular formula is C20H28O5. The van der Waals surface area contributed by atoms with Crippen LogP contribution in [0, 0.1) is 17.8 Å². The van der Waals surface area contributed by atoms with Gasteiger partial charge in [-0.2, -0.15) is 0 Å². The molecule has 138 valence electrons. The smallest absolute Gasteiger partial charge is 0.172 e. The Hall–Kier alpha value is -1.75. The SMILES string of the molecule is CC(C)C(=O)c1c(O)cc(O)c2c1OC(C)(C)[C@H]1CC[C@](C)(O)[C@@H]1C2. The van der Waals surface area contributed by atoms with Gasteiger partial charge in [-0.05, 0) is 46.0 Å². The Morgan fingerprint density at radius 2 is 1.84 bits per heavy atom. The highest BCUT2D eigenvalue weighted by atomic mass is 16.5. The first-order valence-electron chi connectivity index (χ1n) is 8.99. The Labute approximate surface area is 148 Å². The average molecular weight is 348 g/mol. The molecule has 0 unspecified atom stereocenters. The van der Waals surface area contributed by atoms with Crippen molar-refractivity contribution >= 4 is 5.78 Å². The normalized spacial score (nSPS) is 30.4. The van der Waals surface area contributed by atoms with Crippen LogP contribution in [0.25, 0.3) is 0 Å². The first-order valence-corrected chi connectivity index (χ1v) is 8.99. The lowest BCUT2D eigenvalue weighted by atomic mass is 9.76. The standard InChI is InChI=1S/C20H28O5/c1-10(2)17(23)16-15(22)9-14(21)11-8-13-12(6-7-20(13,5)24)19(3,4)25-18(11)16/h9-10,12-13,21-22,24H,6-8H2,1-5H3/t12-,13+,20-/m0/s1. The van der Waals surface area contributed by atoms with Crippen molar-refractivity contribution in [1.82, 2.24) is 0 Å². The number of rotatable bonds is 2. The lowest BCUT2D eigenvalue weighted by Gasteiger charge is -2.36. The molecule has 2 aliphatic rings. The molecule has 5 heteroatoms. The molecule has 0 radical (unpaired) electrons. The molecule has 0 amide bonds. The molecule has 0 bridgehead atoms. The maximum atomic E-state index is 12.7. The number of Topliss-reactive ketones (excluding diaryl/α,β-unsaturated/α-hetero) is 1. The van der Waals surface area contributed by atoms with Gasteiger partial charge in [0, 0.05) is 23.5 Å². The van der Waals surface area contributed by atoms with Crippen molar-refractivity contribution < 1.29 is 24.9 Å². The number of phenolic OH excluding ortho intramolecular Hbond substituents is 2. The lowest BCUT2D eigenvalue weighted by Crippen LogP contribution is -2.43. The summed E-state index contributed by atoms with van der Waals surface area (Å²) < 4.78 is 6.26. The summed E-state index contributed by atoms with van der Waals surface area (Å²) in [4.78, 5) is 12.7. The zero-order valence-electron chi connectivity index (χ0n) is 15.6. The van der Waals surface area contributed by atoms with E-state index in [1.54, 1.807) is 13.8 Å². The van der Waals surface area contributed by atoms with Gasteiger partial charge < -0.3 is 20.1 Å². The van der Waals surface area contributed by atoms with Gasteiger partial charge >= 0.3 is 0 Å². The number of carbonyl (C=O) groups is 1. The maximum absolute atomic E-state index is 12.7. The molecular weight excluding hydrogens is 320 g/mol. The number of benzene rings is 1. The summed E-state index contributed by atoms with van der Waals surface area (Å²) in [7, 11) is 0. The van der Waals surface area contributed by atoms with Crippen LogP contribution in [0.3, 0.4) is 0 Å². The first-order chi connectivity index (χ1) is 11.5. The van der Waals surface area contributed by atoms with E-state index < -0.39 is 11.2 Å². The van der Waals surface area contributed by atoms with Gasteiger partial charge in [-0.25, -0.2) is 0 Å². The van der Waals surface area contributed by atoms with Crippen molar-refractivity contribution in [3.05, 3.63) is 17.2 Å². The number of ether oxygens (including phenoxy) is 1. The van der Waals surface area contributed by atoms with Crippen molar-refractivity contribution in [2.75, 3.05) is 0 Å². The van der Waals surface area contributed by atoms with Crippen molar-refractivity contribution in [1.29, 1.82) is 0 Å². The predicted octanol–water partition coefficient (Wildman–Crippen LogP) is 3.43. The number of aromatic hydroxyl groups is 2. The third-order valence-electron chi connectivity index (χ3n) is 6.04. The fourth-order valence-corrected chi connectivity index (χ4v) is 4.53. The minimum absolute atomic E-state index is 0.0822. The summed E-state index contributed by atoms with van der Waals surface area (Å²) >= 11 is 0. The largest absolute Gasteiger partial charge is 0.507 e. The van der Waals surface area contributed by atoms with Crippen LogP contribution in [0.1, 0.15) is 63.4 Å². The third kappa shape index (κ3) is 2.78. The first kappa shape index (κ1) is 18.1. The number of carbonyl (C=O) groups excluding carboxylic acids is 1. The van der Waals surface area contributed by atoms with Gasteiger partial charge in [0.2, 0.25) is 0 Å². The van der Waals surface area contributed by atoms with E-state index in [-0.39, 0.29) is 46.3 Å². The Balaban J connectivity index is 2.23. The molecule has 1 aromatic carbocycles. The van der Waals surface area contributed by atoms with Crippen LogP contribution in [0.15, 0.2) is 6.07 Å². The van der Waals surface area contributed by atoms with Crippen LogP contribution < -0.4 is 4.74 Å². The van der Waals surface area contributed by atoms with Crippen molar-refractivity contribution in [3.63, 3.8) is 0 Å². The summed E-state index contributed by atoms with van der Waals surface area (Å²) in [5, 5.41) is 31.6. The monoisotopic (exact) mass is 348 g/mol. The van der Waals surface area contributed by atoms with E-state index in [0.717, 1.165) is 6.42 Å². The Bertz CT molecular complexity index is 717. The number of hydrogen-bond donors (Lipinski definition) is 3. The Morgan fingerprint density at radius 1 is 1.20 bits per heavy atom. The molecule has 0 saturated heterocycles. The summed E-state index contributed by atoms with van der Waals surface area (Å²) in [6.07, 6.45) is 1.92. The van der Waals surface area contributed by atoms with Crippen LogP contribution in [-0.2, 0) is 6.42 Å². The Morgan fingerprint density at radius 3 is 2.44 bits per heavy atom. The second-order valence-corrected chi connectivity index (χ2v) is 8.63. The molecule has 25 heavy (non-hydrogen) atoms. The molecule has 5 nitrogen and oxygen atoms in total. The van der Waals surface area contributed by atoms with E-state index in [1.807, 2.05) is 20.8 Å². The molecule has 3 atom stereocenters. The number of ketones is 1. The highest BCUT2D eigenvalue weighted by Gasteiger charge is 2.53. The zero-order valence-corrected chi connectivity index (χ0v) is 15.6. The van der Waals surface area contributed by atoms with Crippen molar-refractivity contribution in [3.8, 4) is 17.2 Å². The van der Waals surface area contributed by atoms with E-state index in [9.17, 15) is 20.1 Å². The van der Waals surface area contributed by atoms with Gasteiger partial charge in [-0.15, -0.1) is 0 Å². The molecule has 3 rings (SSSR count). The molecule has 0 aromatic heterocycles. The van der Waals surface area contributed by atoms with Crippen LogP contribution >= 0.6 is 0 Å². The summed E-state index contributed by atoms with van der Waals surface area (Å²) in [6.45, 7) is 9.26. The molecule has 1 aliphatic heterocycles. The number of fused-ring (bicyclic) bond motifs is 2. The molecule has 1 aliphatic carbocycles. The fraction of sp³-hybridized carbons (Fsp3) is 0.650. The highest BCUT2D eigenvalue weighted by Crippen LogP contribution is 2.54. The van der Waals surface area contributed by atoms with Crippen molar-refractivity contribution in [2.45, 2.75) is 65.1 Å². The van der Waals surface area contributed by atoms with Gasteiger partial charge in [-0.3, -0.25) is 4.79 Å². The van der Waals surface area contributed by atoms with Crippen LogP contribution in [-0.4, -0.2) is 32.3 Å². The van der Waals surface area contributed by atoms with E-state index in [2.05, 4.69) is 0 Å². The fourth-order valence-electron chi connectivity index (χ4n) is 4.53. The summed E-state index contributed by atoms with van der Waals surface area (Å²) in [5.41, 5.74) is -0.831. The highest BCUT2D eigenvalue weighted by molar-refractivity contribution is 6.03. The number of hydrogen-bond acceptors (Lipinski definition) is 5. The number of phenols is 2. The van der Waals surface area contributed by atoms with E-state index >= 15 is 0 Å². The van der Waals surface area contributed by atoms with Gasteiger partial charge in [0.25, 0.3) is 0 Å². The van der Waals surface area contributed by atoms with E-state index in [1.165, 1.54) is 6.07 Å². The van der Waals surface area contributed by atoms with Gasteiger partial charge in [0.05, 0.1) is 5.60 Å².